The van der Waals surface area contributed by atoms with E-state index in [-0.39, 0.29) is 19.2 Å². The van der Waals surface area contributed by atoms with Gasteiger partial charge in [0.1, 0.15) is 0 Å². The Kier molecular flexibility index (Phi) is 6.79. The van der Waals surface area contributed by atoms with Crippen LogP contribution in [0.4, 0.5) is 13.2 Å². The molecule has 1 amide bonds. The minimum absolute atomic E-state index is 0.102. The van der Waals surface area contributed by atoms with Gasteiger partial charge < -0.3 is 15.4 Å². The third-order valence-electron chi connectivity index (χ3n) is 3.21. The molecule has 1 unspecified atom stereocenters. The highest BCUT2D eigenvalue weighted by Crippen LogP contribution is 2.30. The largest absolute Gasteiger partial charge is 0.415 e. The van der Waals surface area contributed by atoms with Gasteiger partial charge >= 0.3 is 6.18 Å². The minimum Gasteiger partial charge on any atom is -0.383 e. The molecular formula is C12H23F3N2O2. The molecule has 4 nitrogen and oxygen atoms in total. The van der Waals surface area contributed by atoms with Crippen LogP contribution in [-0.4, -0.2) is 48.8 Å². The second-order valence-corrected chi connectivity index (χ2v) is 4.66. The van der Waals surface area contributed by atoms with Gasteiger partial charge in [0.05, 0.1) is 6.61 Å². The van der Waals surface area contributed by atoms with Gasteiger partial charge in [0.15, 0.2) is 5.54 Å². The van der Waals surface area contributed by atoms with Gasteiger partial charge in [0, 0.05) is 19.7 Å². The SMILES string of the molecule is CCC(CC)N(CCOC)C(=O)C(C)(N)C(F)(F)F. The van der Waals surface area contributed by atoms with Gasteiger partial charge in [-0.3, -0.25) is 4.79 Å². The molecule has 0 aliphatic heterocycles. The lowest BCUT2D eigenvalue weighted by Crippen LogP contribution is -2.64. The fourth-order valence-corrected chi connectivity index (χ4v) is 1.79. The van der Waals surface area contributed by atoms with E-state index in [2.05, 4.69) is 0 Å². The predicted molar refractivity (Wildman–Crippen MR) is 66.6 cm³/mol. The molecule has 0 heterocycles. The molecule has 0 saturated carbocycles. The van der Waals surface area contributed by atoms with Crippen molar-refractivity contribution in [2.24, 2.45) is 5.73 Å². The van der Waals surface area contributed by atoms with Crippen molar-refractivity contribution in [1.82, 2.24) is 4.90 Å². The number of nitrogens with two attached hydrogens (primary N) is 1. The lowest BCUT2D eigenvalue weighted by Gasteiger charge is -2.37. The summed E-state index contributed by atoms with van der Waals surface area (Å²) in [5, 5.41) is 0. The lowest BCUT2D eigenvalue weighted by atomic mass is 9.98. The first-order chi connectivity index (χ1) is 8.63. The van der Waals surface area contributed by atoms with Crippen molar-refractivity contribution in [2.75, 3.05) is 20.3 Å². The van der Waals surface area contributed by atoms with E-state index in [0.29, 0.717) is 19.8 Å². The highest BCUT2D eigenvalue weighted by molar-refractivity contribution is 5.87. The Morgan fingerprint density at radius 2 is 1.79 bits per heavy atom. The van der Waals surface area contributed by atoms with Crippen molar-refractivity contribution in [2.45, 2.75) is 51.4 Å². The molecule has 7 heteroatoms. The van der Waals surface area contributed by atoms with E-state index < -0.39 is 17.6 Å². The van der Waals surface area contributed by atoms with E-state index in [0.717, 1.165) is 0 Å². The lowest BCUT2D eigenvalue weighted by molar-refractivity contribution is -0.195. The van der Waals surface area contributed by atoms with Crippen molar-refractivity contribution >= 4 is 5.91 Å². The zero-order chi connectivity index (χ0) is 15.3. The fraction of sp³-hybridized carbons (Fsp3) is 0.917. The van der Waals surface area contributed by atoms with Crippen molar-refractivity contribution in [3.63, 3.8) is 0 Å². The third-order valence-corrected chi connectivity index (χ3v) is 3.21. The number of halogens is 3. The zero-order valence-corrected chi connectivity index (χ0v) is 11.9. The molecule has 0 rings (SSSR count). The Balaban J connectivity index is 5.20. The van der Waals surface area contributed by atoms with Crippen LogP contribution in [0.1, 0.15) is 33.6 Å². The smallest absolute Gasteiger partial charge is 0.383 e. The highest BCUT2D eigenvalue weighted by atomic mass is 19.4. The van der Waals surface area contributed by atoms with Crippen molar-refractivity contribution in [3.05, 3.63) is 0 Å². The van der Waals surface area contributed by atoms with Gasteiger partial charge in [0.25, 0.3) is 5.91 Å². The van der Waals surface area contributed by atoms with E-state index in [1.54, 1.807) is 0 Å². The van der Waals surface area contributed by atoms with Crippen LogP contribution in [0.2, 0.25) is 0 Å². The number of amides is 1. The summed E-state index contributed by atoms with van der Waals surface area (Å²) < 4.78 is 43.3. The first-order valence-corrected chi connectivity index (χ1v) is 6.29. The number of methoxy groups -OCH3 is 1. The molecule has 0 aromatic carbocycles. The molecular weight excluding hydrogens is 261 g/mol. The second kappa shape index (κ2) is 7.09. The van der Waals surface area contributed by atoms with Crippen molar-refractivity contribution in [3.8, 4) is 0 Å². The van der Waals surface area contributed by atoms with Crippen LogP contribution in [0.3, 0.4) is 0 Å². The van der Waals surface area contributed by atoms with Crippen LogP contribution >= 0.6 is 0 Å². The van der Waals surface area contributed by atoms with E-state index in [1.807, 2.05) is 13.8 Å². The summed E-state index contributed by atoms with van der Waals surface area (Å²) in [7, 11) is 1.43. The van der Waals surface area contributed by atoms with Crippen LogP contribution in [-0.2, 0) is 9.53 Å². The van der Waals surface area contributed by atoms with Gasteiger partial charge in [0.2, 0.25) is 0 Å². The molecule has 2 N–H and O–H groups in total. The fourth-order valence-electron chi connectivity index (χ4n) is 1.79. The maximum atomic E-state index is 12.8. The Morgan fingerprint density at radius 3 is 2.11 bits per heavy atom. The number of alkyl halides is 3. The molecule has 0 aliphatic rings. The molecule has 19 heavy (non-hydrogen) atoms. The first kappa shape index (κ1) is 18.2. The van der Waals surface area contributed by atoms with Crippen molar-refractivity contribution in [1.29, 1.82) is 0 Å². The number of rotatable bonds is 7. The molecule has 0 saturated heterocycles. The monoisotopic (exact) mass is 284 g/mol. The average Bonchev–Trinajstić information content (AvgIpc) is 2.32. The number of ether oxygens (including phenoxy) is 1. The van der Waals surface area contributed by atoms with Crippen LogP contribution in [0.25, 0.3) is 0 Å². The normalized spacial score (nSPS) is 15.4. The molecule has 0 aromatic rings. The number of nitrogens with zero attached hydrogens (tertiary/aromatic N) is 1. The Hall–Kier alpha value is -0.820. The summed E-state index contributed by atoms with van der Waals surface area (Å²) in [4.78, 5) is 13.3. The van der Waals surface area contributed by atoms with Crippen LogP contribution in [0.5, 0.6) is 0 Å². The summed E-state index contributed by atoms with van der Waals surface area (Å²) in [6.45, 7) is 4.63. The molecule has 0 radical (unpaired) electrons. The highest BCUT2D eigenvalue weighted by Gasteiger charge is 2.55. The molecule has 0 aliphatic carbocycles. The Morgan fingerprint density at radius 1 is 1.32 bits per heavy atom. The van der Waals surface area contributed by atoms with Crippen LogP contribution in [0, 0.1) is 0 Å². The molecule has 1 atom stereocenters. The number of hydrogen-bond acceptors (Lipinski definition) is 3. The summed E-state index contributed by atoms with van der Waals surface area (Å²) in [5.41, 5.74) is 2.33. The van der Waals surface area contributed by atoms with Gasteiger partial charge in [-0.1, -0.05) is 13.8 Å². The standard InChI is InChI=1S/C12H23F3N2O2/c1-5-9(6-2)17(7-8-19-4)10(18)11(3,16)12(13,14)15/h9H,5-8,16H2,1-4H3. The molecule has 0 fully saturated rings. The second-order valence-electron chi connectivity index (χ2n) is 4.66. The molecule has 0 aromatic heterocycles. The van der Waals surface area contributed by atoms with Crippen LogP contribution < -0.4 is 5.73 Å². The Labute approximate surface area is 112 Å². The van der Waals surface area contributed by atoms with E-state index in [1.165, 1.54) is 12.0 Å². The predicted octanol–water partition coefficient (Wildman–Crippen LogP) is 1.93. The number of carbonyl (C=O) groups is 1. The summed E-state index contributed by atoms with van der Waals surface area (Å²) in [6.07, 6.45) is -3.64. The number of carbonyl (C=O) groups excluding carboxylic acids is 1. The number of hydrogen-bond donors (Lipinski definition) is 1. The molecule has 114 valence electrons. The maximum Gasteiger partial charge on any atom is 0.415 e. The van der Waals surface area contributed by atoms with E-state index in [4.69, 9.17) is 10.5 Å². The van der Waals surface area contributed by atoms with Crippen molar-refractivity contribution < 1.29 is 22.7 Å². The Bertz CT molecular complexity index is 289. The third kappa shape index (κ3) is 4.35. The van der Waals surface area contributed by atoms with E-state index in [9.17, 15) is 18.0 Å². The van der Waals surface area contributed by atoms with Crippen LogP contribution in [0.15, 0.2) is 0 Å². The average molecular weight is 284 g/mol. The summed E-state index contributed by atoms with van der Waals surface area (Å²) in [6, 6.07) is -0.270. The van der Waals surface area contributed by atoms with Gasteiger partial charge in [-0.05, 0) is 19.8 Å². The topological polar surface area (TPSA) is 55.6 Å². The van der Waals surface area contributed by atoms with E-state index >= 15 is 0 Å². The zero-order valence-electron chi connectivity index (χ0n) is 11.9. The maximum absolute atomic E-state index is 12.8. The molecule has 0 spiro atoms. The summed E-state index contributed by atoms with van der Waals surface area (Å²) >= 11 is 0. The molecule has 0 bridgehead atoms. The van der Waals surface area contributed by atoms with Gasteiger partial charge in [-0.25, -0.2) is 0 Å². The van der Waals surface area contributed by atoms with Gasteiger partial charge in [-0.15, -0.1) is 0 Å². The van der Waals surface area contributed by atoms with Gasteiger partial charge in [-0.2, -0.15) is 13.2 Å². The first-order valence-electron chi connectivity index (χ1n) is 6.29. The summed E-state index contributed by atoms with van der Waals surface area (Å²) in [5.74, 6) is -1.11. The minimum atomic E-state index is -4.78. The quantitative estimate of drug-likeness (QED) is 0.777.